The van der Waals surface area contributed by atoms with Gasteiger partial charge < -0.3 is 9.15 Å². The highest BCUT2D eigenvalue weighted by atomic mass is 35.5. The van der Waals surface area contributed by atoms with Crippen LogP contribution in [0.5, 0.6) is 0 Å². The molecule has 0 radical (unpaired) electrons. The lowest BCUT2D eigenvalue weighted by Gasteiger charge is -2.11. The van der Waals surface area contributed by atoms with Crippen LogP contribution in [0.2, 0.25) is 10.0 Å². The molecule has 0 amide bonds. The molecular weight excluding hydrogens is 387 g/mol. The van der Waals surface area contributed by atoms with Crippen molar-refractivity contribution in [3.63, 3.8) is 0 Å². The number of hydrogen-bond donors (Lipinski definition) is 0. The lowest BCUT2D eigenvalue weighted by atomic mass is 10.0. The van der Waals surface area contributed by atoms with Gasteiger partial charge in [0.15, 0.2) is 0 Å². The molecule has 1 aromatic heterocycles. The van der Waals surface area contributed by atoms with E-state index in [0.717, 1.165) is 16.2 Å². The molecule has 0 saturated carbocycles. The highest BCUT2D eigenvalue weighted by molar-refractivity contribution is 6.39. The van der Waals surface area contributed by atoms with E-state index in [9.17, 15) is 9.59 Å². The van der Waals surface area contributed by atoms with Gasteiger partial charge in [-0.2, -0.15) is 0 Å². The molecule has 27 heavy (non-hydrogen) atoms. The Morgan fingerprint density at radius 1 is 0.963 bits per heavy atom. The second-order valence-corrected chi connectivity index (χ2v) is 6.74. The Morgan fingerprint density at radius 3 is 2.48 bits per heavy atom. The van der Waals surface area contributed by atoms with Crippen LogP contribution in [0.4, 0.5) is 0 Å². The van der Waals surface area contributed by atoms with Crippen LogP contribution in [0, 0.1) is 0 Å². The van der Waals surface area contributed by atoms with Crippen LogP contribution in [0.15, 0.2) is 69.9 Å². The van der Waals surface area contributed by atoms with Crippen molar-refractivity contribution in [3.8, 4) is 0 Å². The molecule has 0 atom stereocenters. The van der Waals surface area contributed by atoms with Crippen LogP contribution >= 0.6 is 23.2 Å². The van der Waals surface area contributed by atoms with Crippen molar-refractivity contribution >= 4 is 50.9 Å². The standard InChI is InChI=1S/C21H12Cl2O4/c22-15-6-3-7-16(23)20(15)21(25)26-11-13-10-18(24)27-17-9-8-12-4-1-2-5-14(12)19(13)17/h1-10H,11H2. The average molecular weight is 399 g/mol. The maximum absolute atomic E-state index is 12.5. The van der Waals surface area contributed by atoms with Gasteiger partial charge >= 0.3 is 11.6 Å². The molecule has 6 heteroatoms. The van der Waals surface area contributed by atoms with Crippen molar-refractivity contribution in [3.05, 3.63) is 92.3 Å². The fourth-order valence-electron chi connectivity index (χ4n) is 3.04. The first-order valence-corrected chi connectivity index (χ1v) is 8.86. The molecule has 0 N–H and O–H groups in total. The van der Waals surface area contributed by atoms with Crippen LogP contribution in [0.25, 0.3) is 21.7 Å². The Morgan fingerprint density at radius 2 is 1.70 bits per heavy atom. The fraction of sp³-hybridized carbons (Fsp3) is 0.0476. The predicted molar refractivity (Wildman–Crippen MR) is 106 cm³/mol. The quantitative estimate of drug-likeness (QED) is 0.255. The van der Waals surface area contributed by atoms with Gasteiger partial charge in [0.1, 0.15) is 12.2 Å². The SMILES string of the molecule is O=C(OCc1cc(=O)oc2ccc3ccccc3c12)c1c(Cl)cccc1Cl. The normalized spacial score (nSPS) is 11.0. The van der Waals surface area contributed by atoms with Crippen LogP contribution in [0.1, 0.15) is 15.9 Å². The van der Waals surface area contributed by atoms with Crippen LogP contribution in [0.3, 0.4) is 0 Å². The largest absolute Gasteiger partial charge is 0.457 e. The van der Waals surface area contributed by atoms with E-state index in [1.165, 1.54) is 6.07 Å². The van der Waals surface area contributed by atoms with Gasteiger partial charge in [0, 0.05) is 17.0 Å². The summed E-state index contributed by atoms with van der Waals surface area (Å²) < 4.78 is 10.7. The first-order chi connectivity index (χ1) is 13.0. The van der Waals surface area contributed by atoms with Gasteiger partial charge in [0.2, 0.25) is 0 Å². The molecule has 0 aliphatic carbocycles. The van der Waals surface area contributed by atoms with E-state index < -0.39 is 11.6 Å². The molecule has 0 saturated heterocycles. The zero-order chi connectivity index (χ0) is 19.0. The van der Waals surface area contributed by atoms with Gasteiger partial charge in [-0.3, -0.25) is 0 Å². The highest BCUT2D eigenvalue weighted by Crippen LogP contribution is 2.29. The van der Waals surface area contributed by atoms with E-state index in [0.29, 0.717) is 11.1 Å². The molecule has 0 unspecified atom stereocenters. The molecule has 0 bridgehead atoms. The van der Waals surface area contributed by atoms with Gasteiger partial charge in [0.05, 0.1) is 15.6 Å². The molecule has 0 aliphatic heterocycles. The summed E-state index contributed by atoms with van der Waals surface area (Å²) in [6.45, 7) is -0.115. The molecule has 4 aromatic rings. The molecule has 0 spiro atoms. The lowest BCUT2D eigenvalue weighted by Crippen LogP contribution is -2.09. The van der Waals surface area contributed by atoms with Gasteiger partial charge in [-0.05, 0) is 29.0 Å². The monoisotopic (exact) mass is 398 g/mol. The Hall–Kier alpha value is -2.82. The predicted octanol–water partition coefficient (Wildman–Crippen LogP) is 5.61. The summed E-state index contributed by atoms with van der Waals surface area (Å²) in [5.74, 6) is -0.660. The summed E-state index contributed by atoms with van der Waals surface area (Å²) in [5, 5.41) is 3.03. The maximum atomic E-state index is 12.5. The molecule has 4 rings (SSSR count). The maximum Gasteiger partial charge on any atom is 0.341 e. The molecule has 0 fully saturated rings. The smallest absolute Gasteiger partial charge is 0.341 e. The summed E-state index contributed by atoms with van der Waals surface area (Å²) in [6.07, 6.45) is 0. The third-order valence-electron chi connectivity index (χ3n) is 4.24. The van der Waals surface area contributed by atoms with E-state index >= 15 is 0 Å². The molecular formula is C21H12Cl2O4. The topological polar surface area (TPSA) is 56.5 Å². The van der Waals surface area contributed by atoms with Crippen molar-refractivity contribution < 1.29 is 13.9 Å². The summed E-state index contributed by atoms with van der Waals surface area (Å²) in [4.78, 5) is 24.4. The number of carbonyl (C=O) groups excluding carboxylic acids is 1. The second-order valence-electron chi connectivity index (χ2n) is 5.92. The van der Waals surface area contributed by atoms with Gasteiger partial charge in [-0.15, -0.1) is 0 Å². The van der Waals surface area contributed by atoms with Gasteiger partial charge in [-0.25, -0.2) is 9.59 Å². The zero-order valence-electron chi connectivity index (χ0n) is 13.9. The van der Waals surface area contributed by atoms with Crippen LogP contribution in [-0.2, 0) is 11.3 Å². The number of halogens is 2. The first kappa shape index (κ1) is 17.6. The number of esters is 1. The Kier molecular flexibility index (Phi) is 4.60. The summed E-state index contributed by atoms with van der Waals surface area (Å²) in [6, 6.07) is 17.4. The number of hydrogen-bond acceptors (Lipinski definition) is 4. The lowest BCUT2D eigenvalue weighted by molar-refractivity contribution is 0.0474. The van der Waals surface area contributed by atoms with E-state index in [-0.39, 0.29) is 22.2 Å². The van der Waals surface area contributed by atoms with E-state index in [1.807, 2.05) is 30.3 Å². The average Bonchev–Trinajstić information content (AvgIpc) is 2.65. The van der Waals surface area contributed by atoms with Crippen molar-refractivity contribution in [2.24, 2.45) is 0 Å². The Labute approximate surface area is 163 Å². The Bertz CT molecular complexity index is 1220. The minimum Gasteiger partial charge on any atom is -0.457 e. The third kappa shape index (κ3) is 3.29. The highest BCUT2D eigenvalue weighted by Gasteiger charge is 2.17. The van der Waals surface area contributed by atoms with E-state index in [4.69, 9.17) is 32.4 Å². The third-order valence-corrected chi connectivity index (χ3v) is 4.87. The van der Waals surface area contributed by atoms with E-state index in [1.54, 1.807) is 24.3 Å². The van der Waals surface area contributed by atoms with Crippen molar-refractivity contribution in [2.45, 2.75) is 6.61 Å². The molecule has 4 nitrogen and oxygen atoms in total. The molecule has 0 aliphatic rings. The molecule has 3 aromatic carbocycles. The van der Waals surface area contributed by atoms with Crippen molar-refractivity contribution in [1.29, 1.82) is 0 Å². The first-order valence-electron chi connectivity index (χ1n) is 8.10. The number of rotatable bonds is 3. The zero-order valence-corrected chi connectivity index (χ0v) is 15.4. The Balaban J connectivity index is 1.77. The van der Waals surface area contributed by atoms with Gasteiger partial charge in [-0.1, -0.05) is 59.6 Å². The summed E-state index contributed by atoms with van der Waals surface area (Å²) >= 11 is 12.1. The fourth-order valence-corrected chi connectivity index (χ4v) is 3.59. The van der Waals surface area contributed by atoms with E-state index in [2.05, 4.69) is 0 Å². The number of benzene rings is 3. The molecule has 134 valence electrons. The minimum atomic E-state index is -0.660. The second kappa shape index (κ2) is 7.06. The number of fused-ring (bicyclic) bond motifs is 3. The number of ether oxygens (including phenoxy) is 1. The van der Waals surface area contributed by atoms with Crippen LogP contribution in [-0.4, -0.2) is 5.97 Å². The number of carbonyl (C=O) groups is 1. The van der Waals surface area contributed by atoms with Crippen molar-refractivity contribution in [2.75, 3.05) is 0 Å². The summed E-state index contributed by atoms with van der Waals surface area (Å²) in [5.41, 5.74) is 0.565. The summed E-state index contributed by atoms with van der Waals surface area (Å²) in [7, 11) is 0. The minimum absolute atomic E-state index is 0.0953. The van der Waals surface area contributed by atoms with Gasteiger partial charge in [0.25, 0.3) is 0 Å². The van der Waals surface area contributed by atoms with Crippen LogP contribution < -0.4 is 5.63 Å². The molecule has 1 heterocycles. The van der Waals surface area contributed by atoms with Crippen molar-refractivity contribution in [1.82, 2.24) is 0 Å².